The number of pyridine rings is 1. The zero-order valence-corrected chi connectivity index (χ0v) is 22.2. The quantitative estimate of drug-likeness (QED) is 0.350. The molecule has 0 atom stereocenters. The van der Waals surface area contributed by atoms with E-state index in [1.807, 2.05) is 23.1 Å². The number of nitrogens with zero attached hydrogens (tertiary/aromatic N) is 2. The number of aryl methyl sites for hydroxylation is 1. The monoisotopic (exact) mass is 486 g/mol. The second-order valence-corrected chi connectivity index (χ2v) is 11.4. The summed E-state index contributed by atoms with van der Waals surface area (Å²) in [5, 5.41) is 1.75. The van der Waals surface area contributed by atoms with Crippen molar-refractivity contribution in [3.8, 4) is 0 Å². The van der Waals surface area contributed by atoms with Gasteiger partial charge in [-0.3, -0.25) is 9.69 Å². The van der Waals surface area contributed by atoms with Gasteiger partial charge in [0.25, 0.3) is 0 Å². The van der Waals surface area contributed by atoms with Gasteiger partial charge < -0.3 is 4.74 Å². The minimum absolute atomic E-state index is 0.0978. The Morgan fingerprint density at radius 3 is 2.42 bits per heavy atom. The van der Waals surface area contributed by atoms with Crippen LogP contribution in [0.2, 0.25) is 0 Å². The number of ether oxygens (including phenoxy) is 1. The van der Waals surface area contributed by atoms with Gasteiger partial charge in [0.1, 0.15) is 5.82 Å². The van der Waals surface area contributed by atoms with Gasteiger partial charge in [-0.15, -0.1) is 0 Å². The van der Waals surface area contributed by atoms with Gasteiger partial charge in [0.15, 0.2) is 0 Å². The lowest BCUT2D eigenvalue weighted by Gasteiger charge is -2.34. The fourth-order valence-electron chi connectivity index (χ4n) is 5.44. The Balaban J connectivity index is 1.60. The van der Waals surface area contributed by atoms with E-state index in [1.54, 1.807) is 12.3 Å². The van der Waals surface area contributed by atoms with Gasteiger partial charge >= 0.3 is 5.97 Å². The summed E-state index contributed by atoms with van der Waals surface area (Å²) in [5.41, 5.74) is 3.20. The lowest BCUT2D eigenvalue weighted by Crippen LogP contribution is -2.39. The maximum absolute atomic E-state index is 13.6. The van der Waals surface area contributed by atoms with Gasteiger partial charge in [-0.2, -0.15) is 0 Å². The van der Waals surface area contributed by atoms with Crippen LogP contribution in [-0.4, -0.2) is 30.5 Å². The van der Waals surface area contributed by atoms with Gasteiger partial charge in [-0.05, 0) is 90.6 Å². The zero-order valence-electron chi connectivity index (χ0n) is 22.2. The van der Waals surface area contributed by atoms with Crippen molar-refractivity contribution in [3.63, 3.8) is 0 Å². The van der Waals surface area contributed by atoms with Crippen molar-refractivity contribution >= 4 is 28.5 Å². The highest BCUT2D eigenvalue weighted by Crippen LogP contribution is 2.38. The Bertz CT molecular complexity index is 1240. The molecule has 4 rings (SSSR count). The number of anilines is 1. The molecule has 0 N–H and O–H groups in total. The molecule has 5 nitrogen and oxygen atoms in total. The van der Waals surface area contributed by atoms with E-state index in [9.17, 15) is 9.59 Å². The maximum atomic E-state index is 13.6. The highest BCUT2D eigenvalue weighted by molar-refractivity contribution is 6.04. The largest absolute Gasteiger partial charge is 0.465 e. The molecule has 1 saturated carbocycles. The Labute approximate surface area is 214 Å². The number of amides is 1. The molecule has 1 aliphatic carbocycles. The first-order valence-electron chi connectivity index (χ1n) is 13.0. The van der Waals surface area contributed by atoms with Crippen LogP contribution in [0.15, 0.2) is 54.7 Å². The predicted octanol–water partition coefficient (Wildman–Crippen LogP) is 7.07. The molecular formula is C31H38N2O3. The minimum Gasteiger partial charge on any atom is -0.465 e. The number of carbonyl (C=O) groups excluding carboxylic acids is 2. The number of benzene rings is 2. The topological polar surface area (TPSA) is 59.5 Å². The van der Waals surface area contributed by atoms with Crippen molar-refractivity contribution in [3.05, 3.63) is 71.4 Å². The van der Waals surface area contributed by atoms with Gasteiger partial charge in [-0.1, -0.05) is 45.0 Å². The van der Waals surface area contributed by atoms with Crippen LogP contribution >= 0.6 is 0 Å². The van der Waals surface area contributed by atoms with Crippen molar-refractivity contribution in [2.45, 2.75) is 65.7 Å². The Hall–Kier alpha value is -3.21. The summed E-state index contributed by atoms with van der Waals surface area (Å²) in [5.74, 6) is 1.43. The van der Waals surface area contributed by atoms with E-state index in [0.717, 1.165) is 36.5 Å². The zero-order chi connectivity index (χ0) is 25.9. The molecule has 0 bridgehead atoms. The third-order valence-electron chi connectivity index (χ3n) is 7.32. The number of methoxy groups -OCH3 is 1. The van der Waals surface area contributed by atoms with Gasteiger partial charge in [0.05, 0.1) is 12.7 Å². The van der Waals surface area contributed by atoms with Gasteiger partial charge in [0.2, 0.25) is 5.91 Å². The third kappa shape index (κ3) is 5.95. The molecule has 0 unspecified atom stereocenters. The Kier molecular flexibility index (Phi) is 7.77. The van der Waals surface area contributed by atoms with Crippen molar-refractivity contribution < 1.29 is 14.3 Å². The molecule has 1 aromatic heterocycles. The predicted molar refractivity (Wildman–Crippen MR) is 145 cm³/mol. The van der Waals surface area contributed by atoms with Crippen LogP contribution in [0.4, 0.5) is 5.82 Å². The maximum Gasteiger partial charge on any atom is 0.337 e. The van der Waals surface area contributed by atoms with Gasteiger partial charge in [0, 0.05) is 24.5 Å². The van der Waals surface area contributed by atoms with Crippen molar-refractivity contribution in [1.82, 2.24) is 4.98 Å². The van der Waals surface area contributed by atoms with Crippen LogP contribution in [0, 0.1) is 18.3 Å². The van der Waals surface area contributed by atoms with Crippen LogP contribution in [0.1, 0.15) is 80.3 Å². The van der Waals surface area contributed by atoms with Crippen molar-refractivity contribution in [1.29, 1.82) is 0 Å². The standard InChI is InChI=1S/C31H38N2O3/c1-21-8-6-7-9-26(21)23-12-10-22(11-13-23)20-33(28(34)19-31(2,3)4)29-27-15-14-25(30(35)36-5)18-24(27)16-17-32-29/h6-9,14-18,22-23H,10-13,19-20H2,1-5H3/t22-,23-. The first-order valence-corrected chi connectivity index (χ1v) is 13.0. The Morgan fingerprint density at radius 1 is 1.03 bits per heavy atom. The molecule has 1 aliphatic rings. The van der Waals surface area contributed by atoms with E-state index in [2.05, 4.69) is 56.9 Å². The number of esters is 1. The number of hydrogen-bond donors (Lipinski definition) is 0. The first kappa shape index (κ1) is 25.9. The van der Waals surface area contributed by atoms with E-state index in [1.165, 1.54) is 18.2 Å². The average molecular weight is 487 g/mol. The fraction of sp³-hybridized carbons (Fsp3) is 0.452. The molecule has 36 heavy (non-hydrogen) atoms. The molecule has 1 fully saturated rings. The summed E-state index contributed by atoms with van der Waals surface area (Å²) in [7, 11) is 1.38. The molecule has 0 spiro atoms. The highest BCUT2D eigenvalue weighted by atomic mass is 16.5. The van der Waals surface area contributed by atoms with Crippen LogP contribution in [0.5, 0.6) is 0 Å². The smallest absolute Gasteiger partial charge is 0.337 e. The van der Waals surface area contributed by atoms with E-state index >= 15 is 0 Å². The normalized spacial score (nSPS) is 18.1. The summed E-state index contributed by atoms with van der Waals surface area (Å²) in [4.78, 5) is 32.3. The molecule has 3 aromatic rings. The number of carbonyl (C=O) groups is 2. The molecule has 190 valence electrons. The summed E-state index contributed by atoms with van der Waals surface area (Å²) in [6.07, 6.45) is 6.64. The third-order valence-corrected chi connectivity index (χ3v) is 7.32. The lowest BCUT2D eigenvalue weighted by atomic mass is 9.77. The van der Waals surface area contributed by atoms with Crippen LogP contribution in [0.25, 0.3) is 10.8 Å². The van der Waals surface area contributed by atoms with Crippen LogP contribution < -0.4 is 4.90 Å². The molecule has 1 heterocycles. The number of hydrogen-bond acceptors (Lipinski definition) is 4. The lowest BCUT2D eigenvalue weighted by molar-refractivity contribution is -0.120. The first-order chi connectivity index (χ1) is 17.2. The molecule has 1 amide bonds. The van der Waals surface area contributed by atoms with E-state index in [0.29, 0.717) is 36.2 Å². The van der Waals surface area contributed by atoms with E-state index < -0.39 is 0 Å². The fourth-order valence-corrected chi connectivity index (χ4v) is 5.44. The van der Waals surface area contributed by atoms with E-state index in [-0.39, 0.29) is 17.3 Å². The molecule has 5 heteroatoms. The number of rotatable bonds is 6. The van der Waals surface area contributed by atoms with E-state index in [4.69, 9.17) is 4.74 Å². The number of aromatic nitrogens is 1. The highest BCUT2D eigenvalue weighted by Gasteiger charge is 2.30. The number of fused-ring (bicyclic) bond motifs is 1. The molecular weight excluding hydrogens is 448 g/mol. The van der Waals surface area contributed by atoms with Crippen LogP contribution in [-0.2, 0) is 9.53 Å². The van der Waals surface area contributed by atoms with Gasteiger partial charge in [-0.25, -0.2) is 9.78 Å². The molecule has 2 aromatic carbocycles. The summed E-state index contributed by atoms with van der Waals surface area (Å²) >= 11 is 0. The Morgan fingerprint density at radius 2 is 1.75 bits per heavy atom. The van der Waals surface area contributed by atoms with Crippen LogP contribution in [0.3, 0.4) is 0 Å². The summed E-state index contributed by atoms with van der Waals surface area (Å²) in [6, 6.07) is 16.0. The summed E-state index contributed by atoms with van der Waals surface area (Å²) in [6.45, 7) is 9.15. The average Bonchev–Trinajstić information content (AvgIpc) is 2.86. The summed E-state index contributed by atoms with van der Waals surface area (Å²) < 4.78 is 4.89. The van der Waals surface area contributed by atoms with Crippen molar-refractivity contribution in [2.75, 3.05) is 18.6 Å². The molecule has 0 saturated heterocycles. The van der Waals surface area contributed by atoms with Crippen molar-refractivity contribution in [2.24, 2.45) is 11.3 Å². The minimum atomic E-state index is -0.374. The SMILES string of the molecule is COC(=O)c1ccc2c(N(C[C@H]3CC[C@H](c4ccccc4C)CC3)C(=O)CC(C)(C)C)nccc2c1. The molecule has 0 radical (unpaired) electrons. The second-order valence-electron chi connectivity index (χ2n) is 11.4. The second kappa shape index (κ2) is 10.8. The molecule has 0 aliphatic heterocycles.